The van der Waals surface area contributed by atoms with Gasteiger partial charge in [0, 0.05) is 12.4 Å². The highest BCUT2D eigenvalue weighted by Gasteiger charge is 2.05. The summed E-state index contributed by atoms with van der Waals surface area (Å²) in [4.78, 5) is 20.3. The molecular weight excluding hydrogens is 560 g/mol. The van der Waals surface area contributed by atoms with Gasteiger partial charge in [-0.15, -0.1) is 0 Å². The highest BCUT2D eigenvalue weighted by atomic mass is 16.4. The van der Waals surface area contributed by atoms with Gasteiger partial charge < -0.3 is 25.6 Å². The molecule has 45 heavy (non-hydrogen) atoms. The Balaban J connectivity index is -0.000000278. The molecule has 0 aliphatic heterocycles. The van der Waals surface area contributed by atoms with Crippen molar-refractivity contribution in [3.63, 3.8) is 0 Å². The first kappa shape index (κ1) is 50.7. The van der Waals surface area contributed by atoms with Crippen LogP contribution in [0.3, 0.4) is 0 Å². The number of nitrogens with zero attached hydrogens (tertiary/aromatic N) is 1. The van der Waals surface area contributed by atoms with Crippen LogP contribution in [0.1, 0.15) is 213 Å². The number of quaternary nitrogens is 1. The van der Waals surface area contributed by atoms with Crippen LogP contribution in [0.5, 0.6) is 0 Å². The second-order valence-corrected chi connectivity index (χ2v) is 14.1. The van der Waals surface area contributed by atoms with Crippen LogP contribution < -0.4 is 11.3 Å². The van der Waals surface area contributed by atoms with Crippen LogP contribution in [0.4, 0.5) is 0 Å². The average molecular weight is 645 g/mol. The van der Waals surface area contributed by atoms with Crippen molar-refractivity contribution in [2.24, 2.45) is 0 Å². The van der Waals surface area contributed by atoms with E-state index in [1.807, 2.05) is 0 Å². The predicted octanol–water partition coefficient (Wildman–Crippen LogP) is 11.4. The van der Waals surface area contributed by atoms with Crippen molar-refractivity contribution in [3.8, 4) is 0 Å². The summed E-state index contributed by atoms with van der Waals surface area (Å²) < 4.78 is 1.12. The quantitative estimate of drug-likeness (QED) is 0.0576. The minimum absolute atomic E-state index is 0. The van der Waals surface area contributed by atoms with E-state index < -0.39 is 11.9 Å². The molecule has 0 unspecified atom stereocenters. The molecule has 0 heterocycles. The smallest absolute Gasteiger partial charge is 0.303 e. The van der Waals surface area contributed by atoms with Crippen molar-refractivity contribution < 1.29 is 24.3 Å². The van der Waals surface area contributed by atoms with Crippen molar-refractivity contribution in [1.82, 2.24) is 6.15 Å². The number of carboxylic acid groups (broad SMARTS) is 2. The molecule has 0 bridgehead atoms. The summed E-state index contributed by atoms with van der Waals surface area (Å²) in [6, 6.07) is 0. The van der Waals surface area contributed by atoms with Gasteiger partial charge in [-0.25, -0.2) is 0 Å². The van der Waals surface area contributed by atoms with E-state index in [0.717, 1.165) is 30.2 Å². The summed E-state index contributed by atoms with van der Waals surface area (Å²) in [5.41, 5.74) is 0. The Kier molecular flexibility index (Phi) is 48.3. The lowest BCUT2D eigenvalue weighted by Gasteiger charge is -2.23. The summed E-state index contributed by atoms with van der Waals surface area (Å²) in [7, 11) is 6.86. The standard InChI is InChI=1S/C15H34N.2C12H24O2.H3N/c1-5-6-7-8-9-10-11-12-13-14-15-16(2,3)4;2*1-2-3-4-5-6-7-8-9-10-11-12(13)14;/h5-15H2,1-4H3;2*2-11H2,1H3,(H,13,14);1H3/q+1;;;/p-1. The van der Waals surface area contributed by atoms with Crippen molar-refractivity contribution in [2.75, 3.05) is 27.7 Å². The van der Waals surface area contributed by atoms with Gasteiger partial charge in [0.1, 0.15) is 0 Å². The van der Waals surface area contributed by atoms with Gasteiger partial charge in [0.2, 0.25) is 0 Å². The first-order chi connectivity index (χ1) is 21.1. The second kappa shape index (κ2) is 42.9. The zero-order valence-electron chi connectivity index (χ0n) is 31.7. The molecule has 0 rings (SSSR count). The van der Waals surface area contributed by atoms with Gasteiger partial charge in [-0.1, -0.05) is 175 Å². The maximum atomic E-state index is 10.2. The first-order valence-corrected chi connectivity index (χ1v) is 19.3. The molecule has 0 amide bonds. The topological polar surface area (TPSA) is 112 Å². The highest BCUT2D eigenvalue weighted by molar-refractivity contribution is 5.66. The van der Waals surface area contributed by atoms with Crippen LogP contribution in [0.2, 0.25) is 0 Å². The molecule has 0 saturated carbocycles. The number of carboxylic acids is 2. The fraction of sp³-hybridized carbons (Fsp3) is 0.949. The van der Waals surface area contributed by atoms with Gasteiger partial charge in [-0.05, 0) is 32.1 Å². The number of aliphatic carboxylic acids is 2. The molecular formula is C39H84N2O4. The molecule has 0 atom stereocenters. The normalized spacial score (nSPS) is 10.7. The molecule has 6 heteroatoms. The maximum absolute atomic E-state index is 10.2. The minimum Gasteiger partial charge on any atom is -0.550 e. The van der Waals surface area contributed by atoms with Crippen molar-refractivity contribution in [1.29, 1.82) is 0 Å². The Bertz CT molecular complexity index is 532. The van der Waals surface area contributed by atoms with Crippen LogP contribution in [-0.4, -0.2) is 49.2 Å². The molecule has 274 valence electrons. The molecule has 0 spiro atoms. The molecule has 4 N–H and O–H groups in total. The van der Waals surface area contributed by atoms with E-state index in [2.05, 4.69) is 41.9 Å². The summed E-state index contributed by atoms with van der Waals surface area (Å²) in [6.45, 7) is 8.07. The van der Waals surface area contributed by atoms with E-state index in [1.165, 1.54) is 161 Å². The summed E-state index contributed by atoms with van der Waals surface area (Å²) in [6.07, 6.45) is 37.0. The Morgan fingerprint density at radius 1 is 0.444 bits per heavy atom. The van der Waals surface area contributed by atoms with Crippen molar-refractivity contribution in [2.45, 2.75) is 213 Å². The minimum atomic E-state index is -0.909. The van der Waals surface area contributed by atoms with Crippen LogP contribution in [-0.2, 0) is 9.59 Å². The third kappa shape index (κ3) is 62.4. The lowest BCUT2D eigenvalue weighted by molar-refractivity contribution is -0.870. The third-order valence-electron chi connectivity index (χ3n) is 8.16. The van der Waals surface area contributed by atoms with E-state index in [4.69, 9.17) is 5.11 Å². The molecule has 0 fully saturated rings. The molecule has 0 radical (unpaired) electrons. The van der Waals surface area contributed by atoms with E-state index in [9.17, 15) is 14.7 Å². The Hall–Kier alpha value is -1.14. The number of hydrogen-bond donors (Lipinski definition) is 2. The molecule has 0 saturated heterocycles. The Morgan fingerprint density at radius 2 is 0.689 bits per heavy atom. The monoisotopic (exact) mass is 645 g/mol. The number of unbranched alkanes of at least 4 members (excludes halogenated alkanes) is 25. The van der Waals surface area contributed by atoms with Crippen molar-refractivity contribution in [3.05, 3.63) is 0 Å². The molecule has 0 aliphatic carbocycles. The van der Waals surface area contributed by atoms with Crippen LogP contribution in [0, 0.1) is 0 Å². The van der Waals surface area contributed by atoms with E-state index in [0.29, 0.717) is 6.42 Å². The summed E-state index contributed by atoms with van der Waals surface area (Å²) >= 11 is 0. The number of carbonyl (C=O) groups is 2. The lowest BCUT2D eigenvalue weighted by atomic mass is 10.1. The maximum Gasteiger partial charge on any atom is 0.303 e. The number of rotatable bonds is 31. The van der Waals surface area contributed by atoms with Gasteiger partial charge in [-0.3, -0.25) is 4.79 Å². The van der Waals surface area contributed by atoms with E-state index >= 15 is 0 Å². The molecule has 6 nitrogen and oxygen atoms in total. The van der Waals surface area contributed by atoms with Gasteiger partial charge in [0.05, 0.1) is 27.7 Å². The zero-order chi connectivity index (χ0) is 33.6. The first-order valence-electron chi connectivity index (χ1n) is 19.3. The van der Waals surface area contributed by atoms with Crippen LogP contribution in [0.25, 0.3) is 0 Å². The molecule has 0 aliphatic rings. The fourth-order valence-electron chi connectivity index (χ4n) is 5.24. The number of carbonyl (C=O) groups excluding carboxylic acids is 1. The molecule has 0 aromatic heterocycles. The third-order valence-corrected chi connectivity index (χ3v) is 8.16. The highest BCUT2D eigenvalue weighted by Crippen LogP contribution is 2.12. The second-order valence-electron chi connectivity index (χ2n) is 14.1. The van der Waals surface area contributed by atoms with Crippen molar-refractivity contribution >= 4 is 11.9 Å². The fourth-order valence-corrected chi connectivity index (χ4v) is 5.24. The van der Waals surface area contributed by atoms with Crippen LogP contribution >= 0.6 is 0 Å². The summed E-state index contributed by atoms with van der Waals surface area (Å²) in [5.74, 6) is -1.57. The molecule has 0 aromatic carbocycles. The molecule has 0 aromatic rings. The predicted molar refractivity (Wildman–Crippen MR) is 196 cm³/mol. The van der Waals surface area contributed by atoms with Gasteiger partial charge >= 0.3 is 5.97 Å². The van der Waals surface area contributed by atoms with Gasteiger partial charge in [-0.2, -0.15) is 0 Å². The zero-order valence-corrected chi connectivity index (χ0v) is 31.7. The van der Waals surface area contributed by atoms with Gasteiger partial charge in [0.25, 0.3) is 0 Å². The van der Waals surface area contributed by atoms with E-state index in [-0.39, 0.29) is 12.6 Å². The lowest BCUT2D eigenvalue weighted by Crippen LogP contribution is -2.35. The van der Waals surface area contributed by atoms with Crippen LogP contribution in [0.15, 0.2) is 0 Å². The Morgan fingerprint density at radius 3 is 0.933 bits per heavy atom. The average Bonchev–Trinajstić information content (AvgIpc) is 2.96. The number of hydrogen-bond acceptors (Lipinski definition) is 4. The SMILES string of the molecule is CCCCCCCCCCCC(=O)O.CCCCCCCCCCCC(=O)[O-].CCCCCCCCCCCC[N+](C)(C)C.N. The van der Waals surface area contributed by atoms with Gasteiger partial charge in [0.15, 0.2) is 0 Å². The largest absolute Gasteiger partial charge is 0.550 e. The summed E-state index contributed by atoms with van der Waals surface area (Å²) in [5, 5.41) is 18.5. The Labute approximate surface area is 283 Å². The van der Waals surface area contributed by atoms with E-state index in [1.54, 1.807) is 0 Å².